The van der Waals surface area contributed by atoms with Crippen molar-refractivity contribution >= 4 is 28.1 Å². The average Bonchev–Trinajstić information content (AvgIpc) is 3.30. The zero-order chi connectivity index (χ0) is 22.2. The van der Waals surface area contributed by atoms with Crippen molar-refractivity contribution in [3.63, 3.8) is 0 Å². The van der Waals surface area contributed by atoms with E-state index in [0.717, 1.165) is 33.8 Å². The summed E-state index contributed by atoms with van der Waals surface area (Å²) < 4.78 is 38.2. The van der Waals surface area contributed by atoms with Gasteiger partial charge in [-0.05, 0) is 47.4 Å². The van der Waals surface area contributed by atoms with Crippen molar-refractivity contribution < 1.29 is 23.1 Å². The fourth-order valence-corrected chi connectivity index (χ4v) is 4.23. The third kappa shape index (κ3) is 4.80. The molecule has 1 aliphatic rings. The van der Waals surface area contributed by atoms with Gasteiger partial charge in [-0.1, -0.05) is 23.5 Å². The fourth-order valence-electron chi connectivity index (χ4n) is 3.41. The lowest BCUT2D eigenvalue weighted by molar-refractivity contribution is -0.138. The first kappa shape index (κ1) is 21.1. The predicted octanol–water partition coefficient (Wildman–Crippen LogP) is 4.01. The van der Waals surface area contributed by atoms with Crippen LogP contribution in [-0.2, 0) is 23.8 Å². The number of alkyl halides is 3. The topological polar surface area (TPSA) is 100 Å². The van der Waals surface area contributed by atoms with Crippen LogP contribution in [0.4, 0.5) is 24.0 Å². The van der Waals surface area contributed by atoms with Gasteiger partial charge in [-0.25, -0.2) is 4.98 Å². The van der Waals surface area contributed by atoms with Crippen molar-refractivity contribution in [2.75, 3.05) is 17.2 Å². The molecule has 1 unspecified atom stereocenters. The number of hydrogen-bond acceptors (Lipinski definition) is 6. The number of fused-ring (bicyclic) bond motifs is 1. The van der Waals surface area contributed by atoms with Crippen molar-refractivity contribution in [2.24, 2.45) is 5.73 Å². The maximum absolute atomic E-state index is 12.7. The Morgan fingerprint density at radius 3 is 2.81 bits per heavy atom. The number of halogens is 3. The molecule has 4 rings (SSSR count). The third-order valence-corrected chi connectivity index (χ3v) is 5.91. The van der Waals surface area contributed by atoms with Gasteiger partial charge in [0.25, 0.3) is 0 Å². The Kier molecular flexibility index (Phi) is 5.59. The van der Waals surface area contributed by atoms with E-state index < -0.39 is 17.5 Å². The molecule has 0 aliphatic carbocycles. The zero-order valence-electron chi connectivity index (χ0n) is 16.2. The molecule has 31 heavy (non-hydrogen) atoms. The molecule has 0 bridgehead atoms. The summed E-state index contributed by atoms with van der Waals surface area (Å²) in [4.78, 5) is 16.8. The van der Waals surface area contributed by atoms with E-state index in [0.29, 0.717) is 30.1 Å². The average molecular weight is 448 g/mol. The van der Waals surface area contributed by atoms with Crippen LogP contribution in [0.15, 0.2) is 42.6 Å². The molecule has 0 radical (unpaired) electrons. The Labute approximate surface area is 179 Å². The predicted molar refractivity (Wildman–Crippen MR) is 113 cm³/mol. The van der Waals surface area contributed by atoms with Crippen LogP contribution in [0, 0.1) is 0 Å². The molecule has 0 spiro atoms. The maximum Gasteiger partial charge on any atom is 0.419 e. The summed E-state index contributed by atoms with van der Waals surface area (Å²) in [5.41, 5.74) is 8.29. The molecule has 2 heterocycles. The van der Waals surface area contributed by atoms with E-state index in [4.69, 9.17) is 5.73 Å². The van der Waals surface area contributed by atoms with E-state index in [2.05, 4.69) is 15.6 Å². The lowest BCUT2D eigenvalue weighted by Gasteiger charge is -2.14. The summed E-state index contributed by atoms with van der Waals surface area (Å²) in [6, 6.07) is 8.64. The number of nitrogens with zero attached hydrogens (tertiary/aromatic N) is 1. The number of rotatable bonds is 6. The van der Waals surface area contributed by atoms with Crippen LogP contribution in [0.2, 0.25) is 0 Å². The lowest BCUT2D eigenvalue weighted by Crippen LogP contribution is -2.31. The number of thiazole rings is 1. The summed E-state index contributed by atoms with van der Waals surface area (Å²) in [6.45, 7) is 0.358. The van der Waals surface area contributed by atoms with Crippen molar-refractivity contribution in [2.45, 2.75) is 25.1 Å². The quantitative estimate of drug-likeness (QED) is 0.457. The van der Waals surface area contributed by atoms with Gasteiger partial charge in [0.15, 0.2) is 5.13 Å². The number of carbonyl (C=O) groups excluding carboxylic acids is 1. The minimum atomic E-state index is -4.60. The number of hydrogen-bond donors (Lipinski definition) is 4. The minimum Gasteiger partial charge on any atom is -0.507 e. The highest BCUT2D eigenvalue weighted by atomic mass is 32.1. The monoisotopic (exact) mass is 448 g/mol. The highest BCUT2D eigenvalue weighted by Gasteiger charge is 2.33. The van der Waals surface area contributed by atoms with Crippen molar-refractivity contribution in [3.8, 4) is 16.2 Å². The van der Waals surface area contributed by atoms with Crippen LogP contribution < -0.4 is 16.4 Å². The van der Waals surface area contributed by atoms with E-state index in [9.17, 15) is 23.1 Å². The van der Waals surface area contributed by atoms with Crippen molar-refractivity contribution in [1.29, 1.82) is 0 Å². The molecule has 1 atom stereocenters. The van der Waals surface area contributed by atoms with Gasteiger partial charge in [-0.15, -0.1) is 0 Å². The Bertz CT molecular complexity index is 1130. The first-order valence-electron chi connectivity index (χ1n) is 9.46. The Morgan fingerprint density at radius 1 is 1.26 bits per heavy atom. The molecule has 2 aromatic carbocycles. The molecular formula is C21H19F3N4O2S. The van der Waals surface area contributed by atoms with E-state index in [1.165, 1.54) is 17.4 Å². The number of phenolic OH excluding ortho intramolecular Hbond substituents is 1. The van der Waals surface area contributed by atoms with Gasteiger partial charge in [0.2, 0.25) is 5.91 Å². The second kappa shape index (κ2) is 8.20. The Balaban J connectivity index is 1.35. The molecule has 3 aromatic rings. The number of amides is 1. The summed E-state index contributed by atoms with van der Waals surface area (Å²) in [6.07, 6.45) is -2.21. The number of phenols is 1. The van der Waals surface area contributed by atoms with Crippen LogP contribution in [0.25, 0.3) is 10.4 Å². The maximum atomic E-state index is 12.7. The summed E-state index contributed by atoms with van der Waals surface area (Å²) >= 11 is 1.44. The highest BCUT2D eigenvalue weighted by Crippen LogP contribution is 2.36. The number of aromatic hydroxyl groups is 1. The molecule has 10 heteroatoms. The van der Waals surface area contributed by atoms with Gasteiger partial charge in [0.1, 0.15) is 5.75 Å². The molecule has 6 nitrogen and oxygen atoms in total. The second-order valence-corrected chi connectivity index (χ2v) is 8.35. The van der Waals surface area contributed by atoms with Crippen molar-refractivity contribution in [3.05, 3.63) is 59.3 Å². The smallest absolute Gasteiger partial charge is 0.419 e. The van der Waals surface area contributed by atoms with Crippen LogP contribution in [0.1, 0.15) is 16.7 Å². The standard InChI is InChI=1S/C21H19F3N4O2S/c22-21(23,24)15-3-1-11(6-17(15)29)5-14(25)9-26-20-27-10-18(31-20)12-2-4-16-13(7-12)8-19(30)28-16/h1-4,6-7,10,14,29H,5,8-9,25H2,(H,26,27)(H,28,30). The highest BCUT2D eigenvalue weighted by molar-refractivity contribution is 7.18. The summed E-state index contributed by atoms with van der Waals surface area (Å²) in [5.74, 6) is -0.824. The fraction of sp³-hybridized carbons (Fsp3) is 0.238. The number of nitrogens with one attached hydrogen (secondary N) is 2. The molecule has 0 saturated carbocycles. The second-order valence-electron chi connectivity index (χ2n) is 7.32. The van der Waals surface area contributed by atoms with E-state index in [-0.39, 0.29) is 11.9 Å². The zero-order valence-corrected chi connectivity index (χ0v) is 17.0. The number of aromatic nitrogens is 1. The van der Waals surface area contributed by atoms with Crippen LogP contribution in [-0.4, -0.2) is 28.6 Å². The van der Waals surface area contributed by atoms with E-state index in [1.807, 2.05) is 18.2 Å². The molecule has 0 fully saturated rings. The Morgan fingerprint density at radius 2 is 2.06 bits per heavy atom. The van der Waals surface area contributed by atoms with E-state index in [1.54, 1.807) is 6.20 Å². The van der Waals surface area contributed by atoms with Gasteiger partial charge in [0, 0.05) is 24.5 Å². The minimum absolute atomic E-state index is 0.0193. The first-order valence-corrected chi connectivity index (χ1v) is 10.3. The SMILES string of the molecule is NC(CNc1ncc(-c2ccc3c(c2)CC(=O)N3)s1)Cc1ccc(C(F)(F)F)c(O)c1. The van der Waals surface area contributed by atoms with Crippen LogP contribution >= 0.6 is 11.3 Å². The van der Waals surface area contributed by atoms with Crippen molar-refractivity contribution in [1.82, 2.24) is 4.98 Å². The van der Waals surface area contributed by atoms with Gasteiger partial charge in [-0.2, -0.15) is 13.2 Å². The Hall–Kier alpha value is -3.11. The molecule has 0 saturated heterocycles. The van der Waals surface area contributed by atoms with Gasteiger partial charge >= 0.3 is 6.18 Å². The van der Waals surface area contributed by atoms with Crippen LogP contribution in [0.5, 0.6) is 5.75 Å². The van der Waals surface area contributed by atoms with Gasteiger partial charge in [-0.3, -0.25) is 4.79 Å². The molecular weight excluding hydrogens is 429 g/mol. The number of benzene rings is 2. The first-order chi connectivity index (χ1) is 14.7. The molecule has 1 amide bonds. The van der Waals surface area contributed by atoms with E-state index >= 15 is 0 Å². The number of carbonyl (C=O) groups is 1. The van der Waals surface area contributed by atoms with Gasteiger partial charge < -0.3 is 21.5 Å². The number of nitrogens with two attached hydrogens (primary N) is 1. The normalized spacial score (nSPS) is 14.3. The molecule has 5 N–H and O–H groups in total. The molecule has 1 aromatic heterocycles. The molecule has 1 aliphatic heterocycles. The number of anilines is 2. The van der Waals surface area contributed by atoms with Gasteiger partial charge in [0.05, 0.1) is 16.9 Å². The molecule has 162 valence electrons. The van der Waals surface area contributed by atoms with Crippen LogP contribution in [0.3, 0.4) is 0 Å². The lowest BCUT2D eigenvalue weighted by atomic mass is 10.0. The third-order valence-electron chi connectivity index (χ3n) is 4.90. The largest absolute Gasteiger partial charge is 0.507 e. The summed E-state index contributed by atoms with van der Waals surface area (Å²) in [5, 5.41) is 16.2. The summed E-state index contributed by atoms with van der Waals surface area (Å²) in [7, 11) is 0.